The molecule has 5 rings (SSSR count). The number of imidazole rings is 1. The third-order valence-corrected chi connectivity index (χ3v) is 6.03. The predicted octanol–water partition coefficient (Wildman–Crippen LogP) is 3.23. The summed E-state index contributed by atoms with van der Waals surface area (Å²) in [5.41, 5.74) is 2.50. The molecule has 6 heteroatoms. The molecule has 6 nitrogen and oxygen atoms in total. The molecule has 0 radical (unpaired) electrons. The van der Waals surface area contributed by atoms with Crippen LogP contribution in [0, 0.1) is 0 Å². The molecule has 1 saturated heterocycles. The van der Waals surface area contributed by atoms with Gasteiger partial charge in [0.05, 0.1) is 29.6 Å². The van der Waals surface area contributed by atoms with Crippen LogP contribution < -0.4 is 4.90 Å². The summed E-state index contributed by atoms with van der Waals surface area (Å²) in [6.45, 7) is 2.58. The Hall–Kier alpha value is -2.86. The molecule has 2 aromatic heterocycles. The molecule has 0 unspecified atom stereocenters. The Kier molecular flexibility index (Phi) is 3.68. The SMILES string of the molecule is Cn1ccnc1CN1CCC2(CC1)C(=O)N(c1ccoc1)c1ccccc12. The van der Waals surface area contributed by atoms with Gasteiger partial charge in [0.15, 0.2) is 0 Å². The second-order valence-electron chi connectivity index (χ2n) is 7.45. The number of hydrogen-bond donors (Lipinski definition) is 0. The number of furan rings is 1. The second-order valence-corrected chi connectivity index (χ2v) is 7.45. The first-order chi connectivity index (χ1) is 13.2. The smallest absolute Gasteiger partial charge is 0.242 e. The zero-order valence-corrected chi connectivity index (χ0v) is 15.3. The molecule has 1 amide bonds. The Morgan fingerprint density at radius 2 is 2.00 bits per heavy atom. The van der Waals surface area contributed by atoms with Crippen LogP contribution in [0.3, 0.4) is 0 Å². The number of carbonyl (C=O) groups is 1. The van der Waals surface area contributed by atoms with E-state index in [1.807, 2.05) is 48.6 Å². The normalized spacial score (nSPS) is 19.0. The van der Waals surface area contributed by atoms with E-state index < -0.39 is 5.41 Å². The summed E-state index contributed by atoms with van der Waals surface area (Å²) in [4.78, 5) is 22.2. The highest BCUT2D eigenvalue weighted by Crippen LogP contribution is 2.50. The summed E-state index contributed by atoms with van der Waals surface area (Å²) >= 11 is 0. The number of amides is 1. The Morgan fingerprint density at radius 3 is 2.70 bits per heavy atom. The number of nitrogens with zero attached hydrogens (tertiary/aromatic N) is 4. The van der Waals surface area contributed by atoms with Crippen molar-refractivity contribution in [3.8, 4) is 0 Å². The zero-order chi connectivity index (χ0) is 18.4. The molecule has 138 valence electrons. The molecule has 1 spiro atoms. The lowest BCUT2D eigenvalue weighted by Gasteiger charge is -2.38. The van der Waals surface area contributed by atoms with Crippen molar-refractivity contribution in [3.63, 3.8) is 0 Å². The van der Waals surface area contributed by atoms with Gasteiger partial charge in [0, 0.05) is 25.5 Å². The van der Waals surface area contributed by atoms with Crippen LogP contribution in [0.25, 0.3) is 0 Å². The molecular formula is C21H22N4O2. The van der Waals surface area contributed by atoms with Crippen LogP contribution in [0.4, 0.5) is 11.4 Å². The molecule has 1 aromatic carbocycles. The number of carbonyl (C=O) groups excluding carboxylic acids is 1. The van der Waals surface area contributed by atoms with Crippen LogP contribution in [0.1, 0.15) is 24.2 Å². The minimum atomic E-state index is -0.438. The molecule has 3 aromatic rings. The first-order valence-corrected chi connectivity index (χ1v) is 9.34. The molecule has 0 aliphatic carbocycles. The molecule has 0 bridgehead atoms. The number of piperidine rings is 1. The minimum absolute atomic E-state index is 0.168. The van der Waals surface area contributed by atoms with Crippen molar-refractivity contribution >= 4 is 17.3 Å². The predicted molar refractivity (Wildman–Crippen MR) is 102 cm³/mol. The number of aromatic nitrogens is 2. The summed E-state index contributed by atoms with van der Waals surface area (Å²) in [5, 5.41) is 0. The quantitative estimate of drug-likeness (QED) is 0.718. The lowest BCUT2D eigenvalue weighted by atomic mass is 9.73. The van der Waals surface area contributed by atoms with Crippen molar-refractivity contribution in [2.75, 3.05) is 18.0 Å². The molecule has 2 aliphatic heterocycles. The number of anilines is 2. The van der Waals surface area contributed by atoms with E-state index in [0.717, 1.165) is 55.2 Å². The number of hydrogen-bond acceptors (Lipinski definition) is 4. The topological polar surface area (TPSA) is 54.5 Å². The zero-order valence-electron chi connectivity index (χ0n) is 15.3. The maximum absolute atomic E-state index is 13.6. The monoisotopic (exact) mass is 362 g/mol. The Bertz CT molecular complexity index is 968. The van der Waals surface area contributed by atoms with Crippen LogP contribution in [0.2, 0.25) is 0 Å². The van der Waals surface area contributed by atoms with Gasteiger partial charge in [-0.15, -0.1) is 0 Å². The second kappa shape index (κ2) is 6.09. The summed E-state index contributed by atoms with van der Waals surface area (Å²) in [7, 11) is 2.02. The van der Waals surface area contributed by atoms with Gasteiger partial charge in [-0.05, 0) is 37.6 Å². The number of likely N-dealkylation sites (tertiary alicyclic amines) is 1. The van der Waals surface area contributed by atoms with Crippen LogP contribution in [0.5, 0.6) is 0 Å². The number of aryl methyl sites for hydroxylation is 1. The van der Waals surface area contributed by atoms with Crippen molar-refractivity contribution in [1.29, 1.82) is 0 Å². The van der Waals surface area contributed by atoms with Crippen molar-refractivity contribution in [3.05, 3.63) is 66.6 Å². The van der Waals surface area contributed by atoms with Crippen molar-refractivity contribution in [2.24, 2.45) is 7.05 Å². The van der Waals surface area contributed by atoms with Gasteiger partial charge in [-0.1, -0.05) is 18.2 Å². The molecular weight excluding hydrogens is 340 g/mol. The molecule has 0 saturated carbocycles. The van der Waals surface area contributed by atoms with E-state index in [-0.39, 0.29) is 5.91 Å². The third-order valence-electron chi connectivity index (χ3n) is 6.03. The summed E-state index contributed by atoms with van der Waals surface area (Å²) in [6, 6.07) is 10.0. The van der Waals surface area contributed by atoms with Gasteiger partial charge in [0.25, 0.3) is 0 Å². The minimum Gasteiger partial charge on any atom is -0.470 e. The first kappa shape index (κ1) is 16.3. The number of benzene rings is 1. The number of fused-ring (bicyclic) bond motifs is 2. The van der Waals surface area contributed by atoms with Crippen LogP contribution in [-0.2, 0) is 23.8 Å². The highest BCUT2D eigenvalue weighted by molar-refractivity contribution is 6.12. The molecule has 27 heavy (non-hydrogen) atoms. The van der Waals surface area contributed by atoms with Gasteiger partial charge in [0.2, 0.25) is 5.91 Å². The highest BCUT2D eigenvalue weighted by atomic mass is 16.3. The maximum atomic E-state index is 13.6. The van der Waals surface area contributed by atoms with Gasteiger partial charge in [-0.2, -0.15) is 0 Å². The Morgan fingerprint density at radius 1 is 1.19 bits per heavy atom. The van der Waals surface area contributed by atoms with E-state index in [1.54, 1.807) is 12.5 Å². The molecule has 1 fully saturated rings. The molecule has 2 aliphatic rings. The van der Waals surface area contributed by atoms with Gasteiger partial charge >= 0.3 is 0 Å². The number of rotatable bonds is 3. The van der Waals surface area contributed by atoms with E-state index in [9.17, 15) is 4.79 Å². The average molecular weight is 362 g/mol. The van der Waals surface area contributed by atoms with Crippen LogP contribution in [-0.4, -0.2) is 33.4 Å². The molecule has 0 atom stereocenters. The summed E-state index contributed by atoms with van der Waals surface area (Å²) in [6.07, 6.45) is 8.71. The summed E-state index contributed by atoms with van der Waals surface area (Å²) in [5.74, 6) is 1.23. The lowest BCUT2D eigenvalue weighted by molar-refractivity contribution is -0.124. The van der Waals surface area contributed by atoms with E-state index in [0.29, 0.717) is 0 Å². The van der Waals surface area contributed by atoms with Crippen molar-refractivity contribution < 1.29 is 9.21 Å². The van der Waals surface area contributed by atoms with Gasteiger partial charge < -0.3 is 8.98 Å². The van der Waals surface area contributed by atoms with Gasteiger partial charge in [-0.3, -0.25) is 14.6 Å². The van der Waals surface area contributed by atoms with Crippen molar-refractivity contribution in [2.45, 2.75) is 24.8 Å². The van der Waals surface area contributed by atoms with Gasteiger partial charge in [0.1, 0.15) is 12.1 Å². The third kappa shape index (κ3) is 2.44. The lowest BCUT2D eigenvalue weighted by Crippen LogP contribution is -2.47. The average Bonchev–Trinajstić information content (AvgIpc) is 3.40. The fourth-order valence-corrected chi connectivity index (χ4v) is 4.48. The van der Waals surface area contributed by atoms with E-state index in [2.05, 4.69) is 20.5 Å². The fraction of sp³-hybridized carbons (Fsp3) is 0.333. The van der Waals surface area contributed by atoms with E-state index in [4.69, 9.17) is 4.42 Å². The largest absolute Gasteiger partial charge is 0.470 e. The van der Waals surface area contributed by atoms with E-state index >= 15 is 0 Å². The summed E-state index contributed by atoms with van der Waals surface area (Å²) < 4.78 is 7.30. The molecule has 0 N–H and O–H groups in total. The van der Waals surface area contributed by atoms with Crippen LogP contribution in [0.15, 0.2) is 59.7 Å². The number of para-hydroxylation sites is 1. The first-order valence-electron chi connectivity index (χ1n) is 9.34. The van der Waals surface area contributed by atoms with Crippen molar-refractivity contribution in [1.82, 2.24) is 14.5 Å². The fourth-order valence-electron chi connectivity index (χ4n) is 4.48. The van der Waals surface area contributed by atoms with Gasteiger partial charge in [-0.25, -0.2) is 4.98 Å². The standard InChI is InChI=1S/C21H22N4O2/c1-23-12-9-22-19(23)14-24-10-7-21(8-11-24)17-4-2-3-5-18(17)25(20(21)26)16-6-13-27-15-16/h2-6,9,12-13,15H,7-8,10-11,14H2,1H3. The molecule has 4 heterocycles. The highest BCUT2D eigenvalue weighted by Gasteiger charge is 2.52. The van der Waals surface area contributed by atoms with E-state index in [1.165, 1.54) is 0 Å². The Balaban J connectivity index is 1.43. The maximum Gasteiger partial charge on any atom is 0.242 e. The Labute approximate surface area is 158 Å². The van der Waals surface area contributed by atoms with Crippen LogP contribution >= 0.6 is 0 Å².